The minimum absolute atomic E-state index is 0.112. The molecule has 1 aliphatic rings. The maximum atomic E-state index is 12.5. The van der Waals surface area contributed by atoms with E-state index in [1.807, 2.05) is 30.3 Å². The smallest absolute Gasteiger partial charge is 0.0738 e. The molecule has 0 radical (unpaired) electrons. The number of nitrogens with one attached hydrogen (secondary N) is 1. The predicted molar refractivity (Wildman–Crippen MR) is 79.6 cm³/mol. The molecule has 1 aliphatic heterocycles. The zero-order valence-electron chi connectivity index (χ0n) is 11.5. The quantitative estimate of drug-likeness (QED) is 0.868. The molecule has 4 heteroatoms. The minimum atomic E-state index is -0.878. The summed E-state index contributed by atoms with van der Waals surface area (Å²) in [5, 5.41) is 3.63. The van der Waals surface area contributed by atoms with Gasteiger partial charge in [-0.05, 0) is 24.9 Å². The summed E-state index contributed by atoms with van der Waals surface area (Å²) in [4.78, 5) is 0. The Balaban J connectivity index is 1.95. The molecule has 0 amide bonds. The van der Waals surface area contributed by atoms with E-state index < -0.39 is 10.8 Å². The third-order valence-corrected chi connectivity index (χ3v) is 5.21. The molecular weight excluding hydrogens is 258 g/mol. The molecule has 3 unspecified atom stereocenters. The van der Waals surface area contributed by atoms with E-state index in [1.165, 1.54) is 0 Å². The Labute approximate surface area is 118 Å². The highest BCUT2D eigenvalue weighted by molar-refractivity contribution is 7.84. The molecule has 1 aromatic rings. The van der Waals surface area contributed by atoms with Crippen molar-refractivity contribution in [3.63, 3.8) is 0 Å². The van der Waals surface area contributed by atoms with Crippen LogP contribution in [0.5, 0.6) is 0 Å². The SMILES string of the molecule is CCCNC1CCOCC1S(=O)Cc1ccccc1. The summed E-state index contributed by atoms with van der Waals surface area (Å²) in [7, 11) is -0.878. The Morgan fingerprint density at radius 1 is 1.37 bits per heavy atom. The van der Waals surface area contributed by atoms with Crippen LogP contribution in [0.25, 0.3) is 0 Å². The molecule has 1 aromatic carbocycles. The lowest BCUT2D eigenvalue weighted by Crippen LogP contribution is -2.49. The van der Waals surface area contributed by atoms with E-state index in [4.69, 9.17) is 4.74 Å². The molecule has 1 N–H and O–H groups in total. The molecule has 1 heterocycles. The van der Waals surface area contributed by atoms with E-state index in [-0.39, 0.29) is 5.25 Å². The van der Waals surface area contributed by atoms with E-state index in [2.05, 4.69) is 12.2 Å². The van der Waals surface area contributed by atoms with Gasteiger partial charge in [0.2, 0.25) is 0 Å². The van der Waals surface area contributed by atoms with Gasteiger partial charge in [-0.15, -0.1) is 0 Å². The number of benzene rings is 1. The molecule has 0 spiro atoms. The van der Waals surface area contributed by atoms with Crippen LogP contribution in [0.3, 0.4) is 0 Å². The third-order valence-electron chi connectivity index (χ3n) is 3.45. The monoisotopic (exact) mass is 281 g/mol. The van der Waals surface area contributed by atoms with E-state index in [0.717, 1.165) is 31.6 Å². The van der Waals surface area contributed by atoms with Gasteiger partial charge in [0.1, 0.15) is 0 Å². The summed E-state index contributed by atoms with van der Waals surface area (Å²) < 4.78 is 18.1. The van der Waals surface area contributed by atoms with Crippen LogP contribution in [0.2, 0.25) is 0 Å². The van der Waals surface area contributed by atoms with Crippen molar-refractivity contribution in [2.24, 2.45) is 0 Å². The van der Waals surface area contributed by atoms with Crippen LogP contribution < -0.4 is 5.32 Å². The van der Waals surface area contributed by atoms with Crippen LogP contribution in [-0.2, 0) is 21.3 Å². The number of hydrogen-bond donors (Lipinski definition) is 1. The van der Waals surface area contributed by atoms with Crippen LogP contribution in [0.15, 0.2) is 30.3 Å². The molecule has 106 valence electrons. The van der Waals surface area contributed by atoms with E-state index in [1.54, 1.807) is 0 Å². The maximum absolute atomic E-state index is 12.5. The number of rotatable bonds is 6. The fourth-order valence-electron chi connectivity index (χ4n) is 2.38. The van der Waals surface area contributed by atoms with Crippen molar-refractivity contribution in [3.8, 4) is 0 Å². The Kier molecular flexibility index (Phi) is 6.01. The predicted octanol–water partition coefficient (Wildman–Crippen LogP) is 2.09. The number of ether oxygens (including phenoxy) is 1. The second-order valence-corrected chi connectivity index (χ2v) is 6.63. The first-order valence-electron chi connectivity index (χ1n) is 7.03. The molecule has 3 nitrogen and oxygen atoms in total. The average molecular weight is 281 g/mol. The summed E-state index contributed by atoms with van der Waals surface area (Å²) in [5.41, 5.74) is 1.14. The highest BCUT2D eigenvalue weighted by Crippen LogP contribution is 2.17. The van der Waals surface area contributed by atoms with Crippen LogP contribution in [0, 0.1) is 0 Å². The second kappa shape index (κ2) is 7.78. The topological polar surface area (TPSA) is 38.3 Å². The summed E-state index contributed by atoms with van der Waals surface area (Å²) in [5.74, 6) is 0.624. The minimum Gasteiger partial charge on any atom is -0.380 e. The van der Waals surface area contributed by atoms with Crippen molar-refractivity contribution in [1.82, 2.24) is 5.32 Å². The highest BCUT2D eigenvalue weighted by Gasteiger charge is 2.30. The molecule has 0 aliphatic carbocycles. The molecule has 1 saturated heterocycles. The standard InChI is InChI=1S/C15H23NO2S/c1-2-9-16-14-8-10-18-11-15(14)19(17)12-13-6-4-3-5-7-13/h3-7,14-16H,2,8-12H2,1H3. The van der Waals surface area contributed by atoms with Crippen LogP contribution in [-0.4, -0.2) is 35.3 Å². The first-order valence-corrected chi connectivity index (χ1v) is 8.41. The molecule has 1 fully saturated rings. The zero-order chi connectivity index (χ0) is 13.5. The number of hydrogen-bond acceptors (Lipinski definition) is 3. The molecule has 2 rings (SSSR count). The second-order valence-electron chi connectivity index (χ2n) is 4.97. The Bertz CT molecular complexity index is 396. The van der Waals surface area contributed by atoms with Gasteiger partial charge in [-0.1, -0.05) is 37.3 Å². The summed E-state index contributed by atoms with van der Waals surface area (Å²) >= 11 is 0. The van der Waals surface area contributed by atoms with E-state index in [9.17, 15) is 4.21 Å². The molecule has 0 bridgehead atoms. The summed E-state index contributed by atoms with van der Waals surface area (Å²) in [6, 6.07) is 10.4. The van der Waals surface area contributed by atoms with E-state index in [0.29, 0.717) is 18.4 Å². The third kappa shape index (κ3) is 4.41. The summed E-state index contributed by atoms with van der Waals surface area (Å²) in [6.45, 7) is 4.53. The van der Waals surface area contributed by atoms with Gasteiger partial charge in [0.05, 0.1) is 11.9 Å². The van der Waals surface area contributed by atoms with Crippen LogP contribution in [0.1, 0.15) is 25.3 Å². The molecule has 0 saturated carbocycles. The van der Waals surface area contributed by atoms with Gasteiger partial charge in [-0.3, -0.25) is 4.21 Å². The van der Waals surface area contributed by atoms with Crippen molar-refractivity contribution < 1.29 is 8.95 Å². The zero-order valence-corrected chi connectivity index (χ0v) is 12.3. The van der Waals surface area contributed by atoms with Crippen molar-refractivity contribution in [1.29, 1.82) is 0 Å². The van der Waals surface area contributed by atoms with Gasteiger partial charge < -0.3 is 10.1 Å². The first-order chi connectivity index (χ1) is 9.31. The summed E-state index contributed by atoms with van der Waals surface area (Å²) in [6.07, 6.45) is 2.07. The average Bonchev–Trinajstić information content (AvgIpc) is 2.46. The molecule has 3 atom stereocenters. The largest absolute Gasteiger partial charge is 0.380 e. The lowest BCUT2D eigenvalue weighted by Gasteiger charge is -2.31. The fraction of sp³-hybridized carbons (Fsp3) is 0.600. The van der Waals surface area contributed by atoms with Gasteiger partial charge in [0, 0.05) is 29.2 Å². The molecule has 0 aromatic heterocycles. The van der Waals surface area contributed by atoms with Gasteiger partial charge in [0.25, 0.3) is 0 Å². The lowest BCUT2D eigenvalue weighted by atomic mass is 10.1. The van der Waals surface area contributed by atoms with Crippen LogP contribution in [0.4, 0.5) is 0 Å². The Hall–Kier alpha value is -0.710. The fourth-order valence-corrected chi connectivity index (χ4v) is 3.96. The van der Waals surface area contributed by atoms with Crippen LogP contribution >= 0.6 is 0 Å². The van der Waals surface area contributed by atoms with Crippen molar-refractivity contribution in [3.05, 3.63) is 35.9 Å². The van der Waals surface area contributed by atoms with Gasteiger partial charge in [0.15, 0.2) is 0 Å². The Morgan fingerprint density at radius 3 is 2.89 bits per heavy atom. The van der Waals surface area contributed by atoms with Gasteiger partial charge in [-0.25, -0.2) is 0 Å². The van der Waals surface area contributed by atoms with Gasteiger partial charge >= 0.3 is 0 Å². The normalized spacial score (nSPS) is 25.1. The van der Waals surface area contributed by atoms with Crippen molar-refractivity contribution in [2.75, 3.05) is 19.8 Å². The van der Waals surface area contributed by atoms with E-state index >= 15 is 0 Å². The van der Waals surface area contributed by atoms with Crippen molar-refractivity contribution >= 4 is 10.8 Å². The molecular formula is C15H23NO2S. The highest BCUT2D eigenvalue weighted by atomic mass is 32.2. The molecule has 19 heavy (non-hydrogen) atoms. The lowest BCUT2D eigenvalue weighted by molar-refractivity contribution is 0.0820. The van der Waals surface area contributed by atoms with Gasteiger partial charge in [-0.2, -0.15) is 0 Å². The maximum Gasteiger partial charge on any atom is 0.0738 e. The van der Waals surface area contributed by atoms with Crippen molar-refractivity contribution in [2.45, 2.75) is 36.8 Å². The Morgan fingerprint density at radius 2 is 2.16 bits per heavy atom. The first kappa shape index (κ1) is 14.7.